The van der Waals surface area contributed by atoms with Gasteiger partial charge in [0.15, 0.2) is 17.7 Å². The predicted octanol–water partition coefficient (Wildman–Crippen LogP) is 0.340. The molecule has 0 amide bonds. The number of rotatable bonds is 2. The summed E-state index contributed by atoms with van der Waals surface area (Å²) in [5.74, 6) is -0.922. The second-order valence-electron chi connectivity index (χ2n) is 3.00. The second-order valence-corrected chi connectivity index (χ2v) is 3.00. The van der Waals surface area contributed by atoms with Crippen LogP contribution in [-0.2, 0) is 9.47 Å². The Bertz CT molecular complexity index is 369. The number of carbonyl (C=O) groups excluding carboxylic acids is 1. The second kappa shape index (κ2) is 3.70. The summed E-state index contributed by atoms with van der Waals surface area (Å²) in [6.07, 6.45) is -1.25. The van der Waals surface area contributed by atoms with Crippen molar-refractivity contribution in [2.75, 3.05) is 13.2 Å². The molecule has 7 nitrogen and oxygen atoms in total. The smallest absolute Gasteiger partial charge is 0.494 e. The lowest BCUT2D eigenvalue weighted by Crippen LogP contribution is -2.38. The number of aromatic nitrogens is 1. The first-order chi connectivity index (χ1) is 7.15. The lowest BCUT2D eigenvalue weighted by Gasteiger charge is -2.24. The Morgan fingerprint density at radius 3 is 2.73 bits per heavy atom. The van der Waals surface area contributed by atoms with E-state index in [-0.39, 0.29) is 17.7 Å². The molecular formula is C8H9NO6. The summed E-state index contributed by atoms with van der Waals surface area (Å²) >= 11 is 0. The average Bonchev–Trinajstić information content (AvgIpc) is 2.38. The molecule has 0 aliphatic carbocycles. The Kier molecular flexibility index (Phi) is 2.38. The van der Waals surface area contributed by atoms with Crippen LogP contribution < -0.4 is 4.74 Å². The van der Waals surface area contributed by atoms with Crippen LogP contribution in [-0.4, -0.2) is 40.7 Å². The molecule has 1 saturated heterocycles. The fourth-order valence-electron chi connectivity index (χ4n) is 1.02. The Morgan fingerprint density at radius 1 is 1.53 bits per heavy atom. The third kappa shape index (κ3) is 2.13. The van der Waals surface area contributed by atoms with E-state index in [1.54, 1.807) is 0 Å². The number of carbonyl (C=O) groups is 1. The van der Waals surface area contributed by atoms with Crippen LogP contribution in [0.4, 0.5) is 4.79 Å². The maximum Gasteiger partial charge on any atom is 0.514 e. The van der Waals surface area contributed by atoms with Crippen molar-refractivity contribution in [3.05, 3.63) is 6.07 Å². The summed E-state index contributed by atoms with van der Waals surface area (Å²) in [5, 5.41) is 18.0. The molecule has 0 atom stereocenters. The number of ether oxygens (including phenoxy) is 3. The van der Waals surface area contributed by atoms with Crippen molar-refractivity contribution in [3.8, 4) is 17.5 Å². The van der Waals surface area contributed by atoms with Crippen LogP contribution in [0.15, 0.2) is 6.07 Å². The van der Waals surface area contributed by atoms with E-state index in [1.165, 1.54) is 0 Å². The van der Waals surface area contributed by atoms with Crippen LogP contribution in [0.1, 0.15) is 0 Å². The highest BCUT2D eigenvalue weighted by Gasteiger charge is 2.24. The van der Waals surface area contributed by atoms with E-state index in [2.05, 4.69) is 9.72 Å². The summed E-state index contributed by atoms with van der Waals surface area (Å²) in [6, 6.07) is 1.06. The molecule has 0 saturated carbocycles. The van der Waals surface area contributed by atoms with Gasteiger partial charge in [0.1, 0.15) is 0 Å². The van der Waals surface area contributed by atoms with Gasteiger partial charge in [-0.25, -0.2) is 4.79 Å². The van der Waals surface area contributed by atoms with Crippen LogP contribution in [0.2, 0.25) is 0 Å². The Hall–Kier alpha value is -1.89. The van der Waals surface area contributed by atoms with Gasteiger partial charge in [-0.3, -0.25) is 4.98 Å². The maximum atomic E-state index is 11.1. The molecule has 0 unspecified atom stereocenters. The number of aromatic hydroxyl groups is 2. The summed E-state index contributed by atoms with van der Waals surface area (Å²) in [5.41, 5.74) is 0. The molecule has 82 valence electrons. The van der Waals surface area contributed by atoms with Crippen LogP contribution in [0.5, 0.6) is 17.5 Å². The summed E-state index contributed by atoms with van der Waals surface area (Å²) in [6.45, 7) is 0.693. The molecule has 2 heterocycles. The SMILES string of the molecule is O=C(Oc1cc(O)[nH]c1O)OC1COC1. The van der Waals surface area contributed by atoms with Crippen LogP contribution >= 0.6 is 0 Å². The normalized spacial score (nSPS) is 15.7. The van der Waals surface area contributed by atoms with Crippen molar-refractivity contribution in [3.63, 3.8) is 0 Å². The zero-order valence-corrected chi connectivity index (χ0v) is 7.60. The predicted molar refractivity (Wildman–Crippen MR) is 45.8 cm³/mol. The molecule has 1 aliphatic heterocycles. The first-order valence-corrected chi connectivity index (χ1v) is 4.22. The molecular weight excluding hydrogens is 206 g/mol. The van der Waals surface area contributed by atoms with E-state index < -0.39 is 12.0 Å². The average molecular weight is 215 g/mol. The first kappa shape index (κ1) is 9.66. The van der Waals surface area contributed by atoms with Crippen molar-refractivity contribution in [1.29, 1.82) is 0 Å². The standard InChI is InChI=1S/C8H9NO6/c10-6-1-5(7(11)9-6)15-8(12)14-4-2-13-3-4/h1,4,9-11H,2-3H2. The van der Waals surface area contributed by atoms with E-state index in [0.29, 0.717) is 13.2 Å². The molecule has 1 aromatic heterocycles. The van der Waals surface area contributed by atoms with Gasteiger partial charge in [0.05, 0.1) is 13.2 Å². The fraction of sp³-hybridized carbons (Fsp3) is 0.375. The van der Waals surface area contributed by atoms with E-state index in [4.69, 9.17) is 19.7 Å². The van der Waals surface area contributed by atoms with Crippen LogP contribution in [0.25, 0.3) is 0 Å². The number of nitrogens with one attached hydrogen (secondary N) is 1. The van der Waals surface area contributed by atoms with E-state index >= 15 is 0 Å². The van der Waals surface area contributed by atoms with Gasteiger partial charge in [0, 0.05) is 6.07 Å². The van der Waals surface area contributed by atoms with Crippen molar-refractivity contribution < 1.29 is 29.2 Å². The Labute approximate surface area is 84.2 Å². The molecule has 1 aromatic rings. The summed E-state index contributed by atoms with van der Waals surface area (Å²) in [4.78, 5) is 13.2. The minimum absolute atomic E-state index is 0.183. The highest BCUT2D eigenvalue weighted by molar-refractivity contribution is 5.65. The molecule has 15 heavy (non-hydrogen) atoms. The monoisotopic (exact) mass is 215 g/mol. The number of hydrogen-bond donors (Lipinski definition) is 3. The zero-order chi connectivity index (χ0) is 10.8. The largest absolute Gasteiger partial charge is 0.514 e. The van der Waals surface area contributed by atoms with Crippen LogP contribution in [0.3, 0.4) is 0 Å². The van der Waals surface area contributed by atoms with Gasteiger partial charge in [0.2, 0.25) is 5.88 Å². The van der Waals surface area contributed by atoms with Gasteiger partial charge in [-0.2, -0.15) is 0 Å². The number of aromatic amines is 1. The van der Waals surface area contributed by atoms with Crippen molar-refractivity contribution >= 4 is 6.16 Å². The third-order valence-electron chi connectivity index (χ3n) is 1.81. The molecule has 3 N–H and O–H groups in total. The molecule has 1 aliphatic rings. The van der Waals surface area contributed by atoms with E-state index in [0.717, 1.165) is 6.07 Å². The molecule has 0 radical (unpaired) electrons. The maximum absolute atomic E-state index is 11.1. The lowest BCUT2D eigenvalue weighted by molar-refractivity contribution is -0.106. The summed E-state index contributed by atoms with van der Waals surface area (Å²) < 4.78 is 14.2. The molecule has 1 fully saturated rings. The Morgan fingerprint density at radius 2 is 2.27 bits per heavy atom. The van der Waals surface area contributed by atoms with Gasteiger partial charge in [-0.05, 0) is 0 Å². The van der Waals surface area contributed by atoms with Gasteiger partial charge < -0.3 is 24.4 Å². The zero-order valence-electron chi connectivity index (χ0n) is 7.60. The van der Waals surface area contributed by atoms with Gasteiger partial charge in [-0.1, -0.05) is 0 Å². The van der Waals surface area contributed by atoms with E-state index in [9.17, 15) is 4.79 Å². The van der Waals surface area contributed by atoms with Crippen molar-refractivity contribution in [2.45, 2.75) is 6.10 Å². The molecule has 0 spiro atoms. The third-order valence-corrected chi connectivity index (χ3v) is 1.81. The van der Waals surface area contributed by atoms with Gasteiger partial charge in [-0.15, -0.1) is 0 Å². The van der Waals surface area contributed by atoms with Crippen molar-refractivity contribution in [2.24, 2.45) is 0 Å². The van der Waals surface area contributed by atoms with Gasteiger partial charge >= 0.3 is 6.16 Å². The number of H-pyrrole nitrogens is 1. The summed E-state index contributed by atoms with van der Waals surface area (Å²) in [7, 11) is 0. The Balaban J connectivity index is 1.90. The lowest BCUT2D eigenvalue weighted by atomic mass is 10.3. The molecule has 0 bridgehead atoms. The van der Waals surface area contributed by atoms with Gasteiger partial charge in [0.25, 0.3) is 0 Å². The molecule has 0 aromatic carbocycles. The van der Waals surface area contributed by atoms with Crippen LogP contribution in [0, 0.1) is 0 Å². The quantitative estimate of drug-likeness (QED) is 0.615. The molecule has 2 rings (SSSR count). The number of hydrogen-bond acceptors (Lipinski definition) is 6. The fourth-order valence-corrected chi connectivity index (χ4v) is 1.02. The highest BCUT2D eigenvalue weighted by atomic mass is 16.7. The minimum atomic E-state index is -0.947. The topological polar surface area (TPSA) is 101 Å². The highest BCUT2D eigenvalue weighted by Crippen LogP contribution is 2.29. The molecule has 7 heteroatoms. The minimum Gasteiger partial charge on any atom is -0.494 e. The van der Waals surface area contributed by atoms with Crippen molar-refractivity contribution in [1.82, 2.24) is 4.98 Å². The van der Waals surface area contributed by atoms with E-state index in [1.807, 2.05) is 0 Å². The first-order valence-electron chi connectivity index (χ1n) is 4.22.